The summed E-state index contributed by atoms with van der Waals surface area (Å²) in [5.74, 6) is -1.98. The fraction of sp³-hybridized carbons (Fsp3) is 0.0667. The number of aliphatic carboxylic acids is 1. The fourth-order valence-electron chi connectivity index (χ4n) is 1.77. The van der Waals surface area contributed by atoms with E-state index in [1.54, 1.807) is 23.6 Å². The molecule has 0 unspecified atom stereocenters. The van der Waals surface area contributed by atoms with Crippen LogP contribution < -0.4 is 4.90 Å². The van der Waals surface area contributed by atoms with Crippen LogP contribution in [-0.2, 0) is 4.79 Å². The maximum absolute atomic E-state index is 13.7. The topological polar surface area (TPSA) is 57.6 Å². The molecule has 2 rings (SSSR count). The Morgan fingerprint density at radius 1 is 1.29 bits per heavy atom. The van der Waals surface area contributed by atoms with E-state index in [0.717, 1.165) is 6.08 Å². The normalized spacial score (nSPS) is 10.8. The van der Waals surface area contributed by atoms with E-state index in [2.05, 4.69) is 0 Å². The van der Waals surface area contributed by atoms with E-state index in [1.165, 1.54) is 41.5 Å². The van der Waals surface area contributed by atoms with E-state index in [0.29, 0.717) is 10.4 Å². The number of benzene rings is 1. The van der Waals surface area contributed by atoms with Gasteiger partial charge in [0, 0.05) is 13.1 Å². The number of rotatable bonds is 4. The predicted molar refractivity (Wildman–Crippen MR) is 80.1 cm³/mol. The van der Waals surface area contributed by atoms with Gasteiger partial charge in [0.1, 0.15) is 5.82 Å². The molecule has 1 N–H and O–H groups in total. The van der Waals surface area contributed by atoms with Crippen LogP contribution in [0.5, 0.6) is 0 Å². The fourth-order valence-corrected chi connectivity index (χ4v) is 2.63. The summed E-state index contributed by atoms with van der Waals surface area (Å²) in [4.78, 5) is 24.5. The molecule has 1 amide bonds. The van der Waals surface area contributed by atoms with Gasteiger partial charge in [0.05, 0.1) is 10.6 Å². The Bertz CT molecular complexity index is 708. The number of carbonyl (C=O) groups is 2. The van der Waals surface area contributed by atoms with Gasteiger partial charge < -0.3 is 10.0 Å². The summed E-state index contributed by atoms with van der Waals surface area (Å²) in [6.07, 6.45) is 2.31. The van der Waals surface area contributed by atoms with Crippen molar-refractivity contribution in [2.45, 2.75) is 0 Å². The average Bonchev–Trinajstić information content (AvgIpc) is 2.92. The van der Waals surface area contributed by atoms with E-state index in [-0.39, 0.29) is 11.6 Å². The average molecular weight is 305 g/mol. The Balaban J connectivity index is 2.31. The summed E-state index contributed by atoms with van der Waals surface area (Å²) in [6.45, 7) is 0. The second kappa shape index (κ2) is 6.32. The summed E-state index contributed by atoms with van der Waals surface area (Å²) in [6, 6.07) is 7.62. The number of nitrogens with zero attached hydrogens (tertiary/aromatic N) is 1. The highest BCUT2D eigenvalue weighted by molar-refractivity contribution is 7.12. The first-order valence-corrected chi connectivity index (χ1v) is 6.89. The third-order valence-corrected chi connectivity index (χ3v) is 3.73. The largest absolute Gasteiger partial charge is 0.478 e. The molecule has 0 spiro atoms. The van der Waals surface area contributed by atoms with Gasteiger partial charge in [0.25, 0.3) is 5.91 Å². The van der Waals surface area contributed by atoms with Gasteiger partial charge in [-0.2, -0.15) is 0 Å². The molecule has 0 atom stereocenters. The third kappa shape index (κ3) is 3.35. The highest BCUT2D eigenvalue weighted by Crippen LogP contribution is 2.24. The molecule has 0 aliphatic heterocycles. The van der Waals surface area contributed by atoms with Crippen molar-refractivity contribution >= 4 is 35.0 Å². The van der Waals surface area contributed by atoms with Crippen LogP contribution in [0.15, 0.2) is 41.8 Å². The Hall–Kier alpha value is -2.47. The lowest BCUT2D eigenvalue weighted by Gasteiger charge is -2.17. The highest BCUT2D eigenvalue weighted by Gasteiger charge is 2.19. The van der Waals surface area contributed by atoms with Crippen LogP contribution in [0.25, 0.3) is 6.08 Å². The maximum Gasteiger partial charge on any atom is 0.328 e. The van der Waals surface area contributed by atoms with Crippen LogP contribution in [0.3, 0.4) is 0 Å². The molecule has 1 heterocycles. The zero-order chi connectivity index (χ0) is 15.4. The zero-order valence-electron chi connectivity index (χ0n) is 11.1. The molecule has 108 valence electrons. The number of para-hydroxylation sites is 1. The third-order valence-electron chi connectivity index (χ3n) is 2.81. The van der Waals surface area contributed by atoms with Crippen LogP contribution in [0.1, 0.15) is 15.2 Å². The predicted octanol–water partition coefficient (Wildman–Crippen LogP) is 3.26. The zero-order valence-corrected chi connectivity index (χ0v) is 11.9. The summed E-state index contributed by atoms with van der Waals surface area (Å²) < 4.78 is 13.7. The van der Waals surface area contributed by atoms with Crippen molar-refractivity contribution in [3.8, 4) is 0 Å². The van der Waals surface area contributed by atoms with E-state index < -0.39 is 11.8 Å². The number of halogens is 1. The lowest BCUT2D eigenvalue weighted by molar-refractivity contribution is -0.131. The van der Waals surface area contributed by atoms with Crippen molar-refractivity contribution < 1.29 is 19.1 Å². The molecule has 0 aliphatic rings. The van der Waals surface area contributed by atoms with Gasteiger partial charge in [-0.25, -0.2) is 9.18 Å². The molecule has 0 saturated carbocycles. The molecular weight excluding hydrogens is 293 g/mol. The number of carboxylic acids is 1. The van der Waals surface area contributed by atoms with Crippen molar-refractivity contribution in [2.75, 3.05) is 11.9 Å². The molecule has 21 heavy (non-hydrogen) atoms. The first-order valence-electron chi connectivity index (χ1n) is 6.02. The van der Waals surface area contributed by atoms with Gasteiger partial charge in [-0.3, -0.25) is 4.79 Å². The van der Waals surface area contributed by atoms with Crippen LogP contribution >= 0.6 is 11.3 Å². The molecule has 4 nitrogen and oxygen atoms in total. The van der Waals surface area contributed by atoms with Crippen LogP contribution in [0.2, 0.25) is 0 Å². The Labute approximate surface area is 124 Å². The molecule has 0 bridgehead atoms. The minimum Gasteiger partial charge on any atom is -0.478 e. The molecular formula is C15H12FNO3S. The van der Waals surface area contributed by atoms with Gasteiger partial charge in [0.2, 0.25) is 0 Å². The van der Waals surface area contributed by atoms with Crippen LogP contribution in [0.4, 0.5) is 10.1 Å². The molecule has 0 saturated heterocycles. The first-order chi connectivity index (χ1) is 10.0. The van der Waals surface area contributed by atoms with E-state index in [1.807, 2.05) is 0 Å². The highest BCUT2D eigenvalue weighted by atomic mass is 32.1. The minimum atomic E-state index is -1.10. The quantitative estimate of drug-likeness (QED) is 0.882. The summed E-state index contributed by atoms with van der Waals surface area (Å²) in [5, 5.41) is 10.3. The maximum atomic E-state index is 13.7. The smallest absolute Gasteiger partial charge is 0.328 e. The van der Waals surface area contributed by atoms with Crippen LogP contribution in [-0.4, -0.2) is 24.0 Å². The lowest BCUT2D eigenvalue weighted by atomic mass is 10.2. The van der Waals surface area contributed by atoms with Crippen molar-refractivity contribution in [3.05, 3.63) is 58.0 Å². The number of carbonyl (C=O) groups excluding carboxylic acids is 1. The Morgan fingerprint density at radius 2 is 2.00 bits per heavy atom. The second-order valence-corrected chi connectivity index (χ2v) is 5.11. The minimum absolute atomic E-state index is 0.170. The summed E-state index contributed by atoms with van der Waals surface area (Å²) in [7, 11) is 1.48. The molecule has 6 heteroatoms. The van der Waals surface area contributed by atoms with E-state index >= 15 is 0 Å². The molecule has 2 aromatic rings. The van der Waals surface area contributed by atoms with Crippen molar-refractivity contribution in [1.29, 1.82) is 0 Å². The van der Waals surface area contributed by atoms with Gasteiger partial charge >= 0.3 is 5.97 Å². The van der Waals surface area contributed by atoms with Crippen molar-refractivity contribution in [3.63, 3.8) is 0 Å². The monoisotopic (exact) mass is 305 g/mol. The van der Waals surface area contributed by atoms with Gasteiger partial charge in [-0.05, 0) is 35.2 Å². The summed E-state index contributed by atoms with van der Waals surface area (Å²) >= 11 is 1.18. The number of hydrogen-bond acceptors (Lipinski definition) is 3. The Morgan fingerprint density at radius 3 is 2.67 bits per heavy atom. The molecule has 0 aliphatic carbocycles. The number of thiophene rings is 1. The SMILES string of the molecule is CN(C(=O)c1sccc1C=CC(=O)O)c1ccccc1F. The standard InChI is InChI=1S/C15H12FNO3S/c1-17(12-5-3-2-4-11(12)16)15(20)14-10(8-9-21-14)6-7-13(18)19/h2-9H,1H3,(H,18,19). The lowest BCUT2D eigenvalue weighted by Crippen LogP contribution is -2.26. The molecule has 0 fully saturated rings. The van der Waals surface area contributed by atoms with E-state index in [4.69, 9.17) is 5.11 Å². The Kier molecular flexibility index (Phi) is 4.49. The summed E-state index contributed by atoms with van der Waals surface area (Å²) in [5.41, 5.74) is 0.666. The van der Waals surface area contributed by atoms with Gasteiger partial charge in [0.15, 0.2) is 0 Å². The number of amides is 1. The molecule has 1 aromatic carbocycles. The van der Waals surface area contributed by atoms with Crippen molar-refractivity contribution in [1.82, 2.24) is 0 Å². The van der Waals surface area contributed by atoms with Crippen molar-refractivity contribution in [2.24, 2.45) is 0 Å². The van der Waals surface area contributed by atoms with E-state index in [9.17, 15) is 14.0 Å². The van der Waals surface area contributed by atoms with Gasteiger partial charge in [-0.15, -0.1) is 11.3 Å². The number of carboxylic acid groups (broad SMARTS) is 1. The second-order valence-electron chi connectivity index (χ2n) is 4.19. The number of anilines is 1. The van der Waals surface area contributed by atoms with Crippen LogP contribution in [0, 0.1) is 5.82 Å². The first kappa shape index (κ1) is 14.9. The molecule has 1 aromatic heterocycles. The number of hydrogen-bond donors (Lipinski definition) is 1. The van der Waals surface area contributed by atoms with Gasteiger partial charge in [-0.1, -0.05) is 12.1 Å². The molecule has 0 radical (unpaired) electrons.